The van der Waals surface area contributed by atoms with Gasteiger partial charge in [-0.15, -0.1) is 0 Å². The molecule has 0 fully saturated rings. The number of halogens is 1. The van der Waals surface area contributed by atoms with Crippen LogP contribution in [0.3, 0.4) is 0 Å². The third-order valence-electron chi connectivity index (χ3n) is 0. The van der Waals surface area contributed by atoms with Gasteiger partial charge < -0.3 is 4.80 Å². The van der Waals surface area contributed by atoms with Crippen molar-refractivity contribution in [2.45, 2.75) is 0 Å². The summed E-state index contributed by atoms with van der Waals surface area (Å²) in [6, 6.07) is 0. The minimum absolute atomic E-state index is 0. The second-order valence-electron chi connectivity index (χ2n) is 0.253. The van der Waals surface area contributed by atoms with Gasteiger partial charge in [-0.05, 0) is 0 Å². The maximum atomic E-state index is 10.1. The average Bonchev–Trinajstić information content (AvgIpc) is 0.811. The molecular formula is H3FO2PbSi. The van der Waals surface area contributed by atoms with Crippen LogP contribution in [0.25, 0.3) is 0 Å². The SMILES string of the molecule is O=[Si](O)F.[PbH2]. The molecule has 5 heteroatoms. The van der Waals surface area contributed by atoms with Crippen molar-refractivity contribution in [1.29, 1.82) is 0 Å². The molecule has 0 spiro atoms. The molecule has 5 heavy (non-hydrogen) atoms. The van der Waals surface area contributed by atoms with E-state index in [1.807, 2.05) is 0 Å². The number of rotatable bonds is 0. The van der Waals surface area contributed by atoms with E-state index in [4.69, 9.17) is 9.26 Å². The zero-order valence-corrected chi connectivity index (χ0v) is 8.94. The Hall–Kier alpha value is 0.669. The van der Waals surface area contributed by atoms with Crippen LogP contribution in [0.15, 0.2) is 0 Å². The molecule has 0 atom stereocenters. The molecule has 0 amide bonds. The van der Waals surface area contributed by atoms with E-state index in [0.29, 0.717) is 0 Å². The Bertz CT molecular complexity index is 32.6. The van der Waals surface area contributed by atoms with Crippen molar-refractivity contribution in [2.24, 2.45) is 0 Å². The minimum atomic E-state index is -3.63. The third kappa shape index (κ3) is 74.3. The van der Waals surface area contributed by atoms with E-state index < -0.39 is 9.26 Å². The molecule has 0 rings (SSSR count). The van der Waals surface area contributed by atoms with Crippen molar-refractivity contribution in [1.82, 2.24) is 0 Å². The van der Waals surface area contributed by atoms with Gasteiger partial charge in [0.2, 0.25) is 0 Å². The Morgan fingerprint density at radius 3 is 1.80 bits per heavy atom. The second-order valence-corrected chi connectivity index (χ2v) is 0.759. The molecular weight excluding hydrogens is 286 g/mol. The van der Waals surface area contributed by atoms with E-state index in [1.165, 1.54) is 0 Å². The van der Waals surface area contributed by atoms with E-state index in [0.717, 1.165) is 0 Å². The molecule has 0 bridgehead atoms. The molecule has 0 aromatic rings. The zero-order valence-electron chi connectivity index (χ0n) is 2.44. The summed E-state index contributed by atoms with van der Waals surface area (Å²) >= 11 is 0. The van der Waals surface area contributed by atoms with Crippen molar-refractivity contribution in [2.75, 3.05) is 0 Å². The first-order valence-electron chi connectivity index (χ1n) is 0.617. The monoisotopic (exact) mass is 290 g/mol. The van der Waals surface area contributed by atoms with Gasteiger partial charge in [0.05, 0.1) is 0 Å². The fraction of sp³-hybridized carbons (Fsp3) is 0. The first-order valence-corrected chi connectivity index (χ1v) is 1.85. The van der Waals surface area contributed by atoms with Crippen LogP contribution in [0.4, 0.5) is 4.11 Å². The van der Waals surface area contributed by atoms with Crippen molar-refractivity contribution in [3.8, 4) is 0 Å². The van der Waals surface area contributed by atoms with Gasteiger partial charge in [-0.2, -0.15) is 4.11 Å². The predicted octanol–water partition coefficient (Wildman–Crippen LogP) is -1.55. The van der Waals surface area contributed by atoms with Crippen LogP contribution < -0.4 is 0 Å². The molecule has 0 aliphatic carbocycles. The van der Waals surface area contributed by atoms with E-state index in [-0.39, 0.29) is 27.3 Å². The van der Waals surface area contributed by atoms with Crippen LogP contribution in [-0.4, -0.2) is 41.4 Å². The van der Waals surface area contributed by atoms with Gasteiger partial charge in [0, 0.05) is 0 Å². The first kappa shape index (κ1) is 9.18. The molecule has 0 aliphatic rings. The van der Waals surface area contributed by atoms with E-state index in [9.17, 15) is 4.11 Å². The molecule has 0 unspecified atom stereocenters. The molecule has 0 heterocycles. The van der Waals surface area contributed by atoms with Gasteiger partial charge in [-0.3, -0.25) is 4.46 Å². The summed E-state index contributed by atoms with van der Waals surface area (Å²) in [5.74, 6) is 0. The molecule has 1 N–H and O–H groups in total. The van der Waals surface area contributed by atoms with Gasteiger partial charge in [0.25, 0.3) is 0 Å². The van der Waals surface area contributed by atoms with Crippen molar-refractivity contribution >= 4 is 36.6 Å². The van der Waals surface area contributed by atoms with E-state index in [2.05, 4.69) is 0 Å². The quantitative estimate of drug-likeness (QED) is 0.433. The van der Waals surface area contributed by atoms with Gasteiger partial charge in [-0.1, -0.05) is 0 Å². The fourth-order valence-corrected chi connectivity index (χ4v) is 0. The van der Waals surface area contributed by atoms with Crippen LogP contribution >= 0.6 is 0 Å². The summed E-state index contributed by atoms with van der Waals surface area (Å²) < 4.78 is 18.6. The molecule has 0 saturated carbocycles. The summed E-state index contributed by atoms with van der Waals surface area (Å²) in [6.07, 6.45) is 0. The first-order chi connectivity index (χ1) is 1.73. The van der Waals surface area contributed by atoms with Crippen LogP contribution in [0.2, 0.25) is 0 Å². The molecule has 0 aromatic carbocycles. The molecule has 0 aromatic heterocycles. The molecule has 0 saturated heterocycles. The summed E-state index contributed by atoms with van der Waals surface area (Å²) in [5.41, 5.74) is 0. The van der Waals surface area contributed by atoms with Crippen molar-refractivity contribution in [3.05, 3.63) is 0 Å². The Labute approximate surface area is 50.1 Å². The second kappa shape index (κ2) is 4.67. The Balaban J connectivity index is 0. The number of hydrogen-bond acceptors (Lipinski definition) is 1. The van der Waals surface area contributed by atoms with E-state index in [1.54, 1.807) is 0 Å². The topological polar surface area (TPSA) is 37.3 Å². The Kier molecular flexibility index (Phi) is 8.57. The zero-order chi connectivity index (χ0) is 3.58. The van der Waals surface area contributed by atoms with Crippen LogP contribution in [-0.2, 0) is 4.46 Å². The fourth-order valence-electron chi connectivity index (χ4n) is 0. The molecule has 2 radical (unpaired) electrons. The summed E-state index contributed by atoms with van der Waals surface area (Å²) in [4.78, 5) is 6.94. The summed E-state index contributed by atoms with van der Waals surface area (Å²) in [5, 5.41) is 0. The standard InChI is InChI=1S/FHO2Si.Pb.2H/c1-4(2)3;;;/h2H;;;. The van der Waals surface area contributed by atoms with Crippen molar-refractivity contribution < 1.29 is 13.4 Å². The molecule has 2 nitrogen and oxygen atoms in total. The predicted molar refractivity (Wildman–Crippen MR) is 18.3 cm³/mol. The summed E-state index contributed by atoms with van der Waals surface area (Å²) in [7, 11) is -3.63. The van der Waals surface area contributed by atoms with Crippen molar-refractivity contribution in [3.63, 3.8) is 0 Å². The molecule has 0 aliphatic heterocycles. The number of hydrogen-bond donors (Lipinski definition) is 1. The van der Waals surface area contributed by atoms with E-state index >= 15 is 0 Å². The van der Waals surface area contributed by atoms with Crippen LogP contribution in [0, 0.1) is 0 Å². The molecule has 30 valence electrons. The Morgan fingerprint density at radius 2 is 1.80 bits per heavy atom. The normalized spacial score (nSPS) is 5.00. The van der Waals surface area contributed by atoms with Gasteiger partial charge in [0.15, 0.2) is 0 Å². The third-order valence-corrected chi connectivity index (χ3v) is 0. The van der Waals surface area contributed by atoms with Crippen LogP contribution in [0.1, 0.15) is 0 Å². The van der Waals surface area contributed by atoms with Gasteiger partial charge in [0.1, 0.15) is 0 Å². The van der Waals surface area contributed by atoms with Crippen LogP contribution in [0.5, 0.6) is 0 Å². The summed E-state index contributed by atoms with van der Waals surface area (Å²) in [6.45, 7) is 0. The maximum absolute atomic E-state index is 10.1. The van der Waals surface area contributed by atoms with Gasteiger partial charge >= 0.3 is 36.6 Å². The van der Waals surface area contributed by atoms with Gasteiger partial charge in [-0.25, -0.2) is 0 Å². The average molecular weight is 289 g/mol. The Morgan fingerprint density at radius 1 is 1.80 bits per heavy atom.